The first kappa shape index (κ1) is 27.0. The second-order valence-corrected chi connectivity index (χ2v) is 10.3. The first-order valence-corrected chi connectivity index (χ1v) is 13.9. The quantitative estimate of drug-likeness (QED) is 0.135. The van der Waals surface area contributed by atoms with Crippen LogP contribution in [-0.2, 0) is 12.8 Å². The molecular weight excluding hydrogens is 500 g/mol. The van der Waals surface area contributed by atoms with Crippen LogP contribution in [0.15, 0.2) is 72.8 Å². The van der Waals surface area contributed by atoms with Crippen LogP contribution in [0.4, 0.5) is 22.7 Å². The van der Waals surface area contributed by atoms with Crippen LogP contribution < -0.4 is 10.6 Å². The lowest BCUT2D eigenvalue weighted by Gasteiger charge is -2.24. The number of anilines is 4. The molecule has 0 bridgehead atoms. The van der Waals surface area contributed by atoms with Crippen LogP contribution in [0.1, 0.15) is 82.5 Å². The number of phenols is 2. The maximum absolute atomic E-state index is 13.9. The van der Waals surface area contributed by atoms with Crippen LogP contribution in [-0.4, -0.2) is 21.8 Å². The van der Waals surface area contributed by atoms with Crippen LogP contribution in [0.3, 0.4) is 0 Å². The predicted octanol–water partition coefficient (Wildman–Crippen LogP) is 8.05. The molecule has 0 spiro atoms. The number of rotatable bonds is 10. The summed E-state index contributed by atoms with van der Waals surface area (Å²) in [4.78, 5) is 27.7. The molecule has 1 aliphatic rings. The highest BCUT2D eigenvalue weighted by Crippen LogP contribution is 2.43. The van der Waals surface area contributed by atoms with Crippen molar-refractivity contribution in [2.24, 2.45) is 0 Å². The number of carbonyl (C=O) groups excluding carboxylic acids is 2. The van der Waals surface area contributed by atoms with E-state index in [-0.39, 0.29) is 33.8 Å². The molecule has 0 saturated heterocycles. The van der Waals surface area contributed by atoms with Crippen molar-refractivity contribution < 1.29 is 19.8 Å². The minimum absolute atomic E-state index is 0.0419. The van der Waals surface area contributed by atoms with Crippen molar-refractivity contribution in [3.8, 4) is 11.5 Å². The van der Waals surface area contributed by atoms with E-state index in [1.807, 2.05) is 48.5 Å². The van der Waals surface area contributed by atoms with Gasteiger partial charge in [0.1, 0.15) is 11.5 Å². The number of aryl methyl sites for hydroxylation is 2. The molecule has 0 radical (unpaired) electrons. The average Bonchev–Trinajstić information content (AvgIpc) is 2.96. The van der Waals surface area contributed by atoms with Crippen molar-refractivity contribution >= 4 is 34.3 Å². The second-order valence-electron chi connectivity index (χ2n) is 10.3. The van der Waals surface area contributed by atoms with Gasteiger partial charge >= 0.3 is 0 Å². The number of hydrogen-bond donors (Lipinski definition) is 4. The van der Waals surface area contributed by atoms with Crippen molar-refractivity contribution in [3.63, 3.8) is 0 Å². The van der Waals surface area contributed by atoms with E-state index in [1.165, 1.54) is 23.3 Å². The Morgan fingerprint density at radius 2 is 0.900 bits per heavy atom. The standard InChI is InChI=1S/C34H34N2O4/c1-3-5-7-21-9-13-23(14-10-21)35-25-17-19-27(37)31-29(25)33(39)32-28(38)20-18-26(30(32)34(31)40)36-24-15-11-22(12-16-24)8-6-4-2/h9-20,35-38H,3-8H2,1-2H3. The largest absolute Gasteiger partial charge is 0.507 e. The smallest absolute Gasteiger partial charge is 0.200 e. The maximum Gasteiger partial charge on any atom is 0.200 e. The highest BCUT2D eigenvalue weighted by atomic mass is 16.3. The molecule has 0 unspecified atom stereocenters. The monoisotopic (exact) mass is 534 g/mol. The molecule has 4 aromatic rings. The topological polar surface area (TPSA) is 98.7 Å². The van der Waals surface area contributed by atoms with E-state index in [1.54, 1.807) is 12.1 Å². The van der Waals surface area contributed by atoms with Gasteiger partial charge in [-0.1, -0.05) is 51.0 Å². The molecule has 6 heteroatoms. The van der Waals surface area contributed by atoms with E-state index in [9.17, 15) is 19.8 Å². The zero-order valence-electron chi connectivity index (χ0n) is 22.9. The number of carbonyl (C=O) groups is 2. The summed E-state index contributed by atoms with van der Waals surface area (Å²) in [5.41, 5.74) is 4.65. The fraction of sp³-hybridized carbons (Fsp3) is 0.235. The van der Waals surface area contributed by atoms with Gasteiger partial charge in [0.15, 0.2) is 0 Å². The van der Waals surface area contributed by atoms with Crippen LogP contribution in [0.2, 0.25) is 0 Å². The fourth-order valence-corrected chi connectivity index (χ4v) is 5.16. The fourth-order valence-electron chi connectivity index (χ4n) is 5.16. The molecule has 0 aliphatic heterocycles. The summed E-state index contributed by atoms with van der Waals surface area (Å²) < 4.78 is 0. The minimum Gasteiger partial charge on any atom is -0.507 e. The lowest BCUT2D eigenvalue weighted by atomic mass is 9.81. The van der Waals surface area contributed by atoms with E-state index >= 15 is 0 Å². The van der Waals surface area contributed by atoms with Gasteiger partial charge in [-0.15, -0.1) is 0 Å². The summed E-state index contributed by atoms with van der Waals surface area (Å²) in [6.07, 6.45) is 6.44. The summed E-state index contributed by atoms with van der Waals surface area (Å²) in [5.74, 6) is -1.62. The summed E-state index contributed by atoms with van der Waals surface area (Å²) >= 11 is 0. The van der Waals surface area contributed by atoms with Gasteiger partial charge < -0.3 is 20.8 Å². The Balaban J connectivity index is 1.49. The number of nitrogens with one attached hydrogen (secondary N) is 2. The lowest BCUT2D eigenvalue weighted by molar-refractivity contribution is 0.0975. The van der Waals surface area contributed by atoms with Gasteiger partial charge in [0.05, 0.1) is 33.6 Å². The number of aromatic hydroxyl groups is 2. The Bertz CT molecular complexity index is 1440. The van der Waals surface area contributed by atoms with Crippen molar-refractivity contribution in [1.82, 2.24) is 0 Å². The third-order valence-corrected chi connectivity index (χ3v) is 7.38. The number of unbranched alkanes of at least 4 members (excludes halogenated alkanes) is 2. The van der Waals surface area contributed by atoms with Gasteiger partial charge in [0.2, 0.25) is 11.6 Å². The summed E-state index contributed by atoms with van der Waals surface area (Å²) in [7, 11) is 0. The molecule has 5 rings (SSSR count). The molecule has 0 amide bonds. The second kappa shape index (κ2) is 11.7. The Morgan fingerprint density at radius 1 is 0.525 bits per heavy atom. The van der Waals surface area contributed by atoms with Crippen LogP contribution in [0.25, 0.3) is 0 Å². The third-order valence-electron chi connectivity index (χ3n) is 7.38. The van der Waals surface area contributed by atoms with E-state index < -0.39 is 11.6 Å². The van der Waals surface area contributed by atoms with Gasteiger partial charge in [-0.25, -0.2) is 0 Å². The summed E-state index contributed by atoms with van der Waals surface area (Å²) in [6.45, 7) is 4.31. The Hall–Kier alpha value is -4.58. The Labute approximate surface area is 234 Å². The zero-order chi connectivity index (χ0) is 28.2. The van der Waals surface area contributed by atoms with Crippen molar-refractivity contribution in [2.45, 2.75) is 52.4 Å². The molecule has 4 N–H and O–H groups in total. The molecule has 0 heterocycles. The SMILES string of the molecule is CCCCc1ccc(Nc2ccc(O)c3c2C(=O)c2c(O)ccc(Nc4ccc(CCCC)cc4)c2C3=O)cc1. The van der Waals surface area contributed by atoms with Gasteiger partial charge in [0, 0.05) is 11.4 Å². The molecule has 6 nitrogen and oxygen atoms in total. The van der Waals surface area contributed by atoms with Crippen LogP contribution in [0.5, 0.6) is 11.5 Å². The molecule has 4 aromatic carbocycles. The number of ketones is 2. The first-order valence-electron chi connectivity index (χ1n) is 13.9. The van der Waals surface area contributed by atoms with E-state index in [0.29, 0.717) is 11.4 Å². The van der Waals surface area contributed by atoms with Crippen molar-refractivity contribution in [1.29, 1.82) is 0 Å². The molecular formula is C34H34N2O4. The number of hydrogen-bond acceptors (Lipinski definition) is 6. The minimum atomic E-state index is -0.529. The van der Waals surface area contributed by atoms with Crippen LogP contribution in [0, 0.1) is 0 Å². The average molecular weight is 535 g/mol. The highest BCUT2D eigenvalue weighted by molar-refractivity contribution is 6.33. The number of phenolic OH excluding ortho intramolecular Hbond substituents is 2. The molecule has 0 fully saturated rings. The molecule has 0 aromatic heterocycles. The molecule has 0 atom stereocenters. The Kier molecular flexibility index (Phi) is 7.87. The van der Waals surface area contributed by atoms with E-state index in [2.05, 4.69) is 24.5 Å². The predicted molar refractivity (Wildman–Crippen MR) is 160 cm³/mol. The molecule has 1 aliphatic carbocycles. The highest BCUT2D eigenvalue weighted by Gasteiger charge is 2.38. The number of benzene rings is 4. The van der Waals surface area contributed by atoms with Crippen LogP contribution >= 0.6 is 0 Å². The van der Waals surface area contributed by atoms with Crippen molar-refractivity contribution in [3.05, 3.63) is 106 Å². The third kappa shape index (κ3) is 5.30. The molecule has 40 heavy (non-hydrogen) atoms. The van der Waals surface area contributed by atoms with Crippen molar-refractivity contribution in [2.75, 3.05) is 10.6 Å². The van der Waals surface area contributed by atoms with Gasteiger partial charge in [0.25, 0.3) is 0 Å². The Morgan fingerprint density at radius 3 is 1.25 bits per heavy atom. The van der Waals surface area contributed by atoms with E-state index in [4.69, 9.17) is 0 Å². The van der Waals surface area contributed by atoms with Gasteiger partial charge in [-0.05, 0) is 85.3 Å². The number of fused-ring (bicyclic) bond motifs is 2. The van der Waals surface area contributed by atoms with Gasteiger partial charge in [-0.2, -0.15) is 0 Å². The first-order chi connectivity index (χ1) is 19.4. The lowest BCUT2D eigenvalue weighted by Crippen LogP contribution is -2.23. The normalized spacial score (nSPS) is 12.2. The zero-order valence-corrected chi connectivity index (χ0v) is 22.9. The maximum atomic E-state index is 13.9. The summed E-state index contributed by atoms with van der Waals surface area (Å²) in [5, 5.41) is 28.0. The van der Waals surface area contributed by atoms with Gasteiger partial charge in [-0.3, -0.25) is 9.59 Å². The molecule has 204 valence electrons. The molecule has 0 saturated carbocycles. The summed E-state index contributed by atoms with van der Waals surface area (Å²) in [6, 6.07) is 21.8. The van der Waals surface area contributed by atoms with E-state index in [0.717, 1.165) is 49.9 Å².